The van der Waals surface area contributed by atoms with Crippen molar-refractivity contribution in [1.29, 1.82) is 0 Å². The maximum Gasteiger partial charge on any atom is 0.251 e. The third-order valence-corrected chi connectivity index (χ3v) is 6.26. The molecule has 1 atom stereocenters. The summed E-state index contributed by atoms with van der Waals surface area (Å²) in [4.78, 5) is 12.7. The molecule has 1 amide bonds. The van der Waals surface area contributed by atoms with Crippen LogP contribution in [0.25, 0.3) is 0 Å². The Morgan fingerprint density at radius 2 is 1.92 bits per heavy atom. The van der Waals surface area contributed by atoms with Gasteiger partial charge in [-0.3, -0.25) is 4.79 Å². The van der Waals surface area contributed by atoms with Crippen molar-refractivity contribution in [2.24, 2.45) is 0 Å². The zero-order valence-corrected chi connectivity index (χ0v) is 15.6. The molecule has 0 aliphatic heterocycles. The second kappa shape index (κ2) is 8.12. The summed E-state index contributed by atoms with van der Waals surface area (Å²) in [5.41, 5.74) is 1.22. The lowest BCUT2D eigenvalue weighted by Gasteiger charge is -2.23. The van der Waals surface area contributed by atoms with E-state index >= 15 is 0 Å². The molecular weight excluding hydrogens is 324 g/mol. The molecular formula is C18H28N2O3S. The Hall–Kier alpha value is -1.40. The number of carbonyl (C=O) groups excluding carboxylic acids is 1. The van der Waals surface area contributed by atoms with Crippen molar-refractivity contribution >= 4 is 15.9 Å². The van der Waals surface area contributed by atoms with Gasteiger partial charge in [-0.05, 0) is 50.8 Å². The van der Waals surface area contributed by atoms with Crippen LogP contribution in [-0.2, 0) is 10.0 Å². The van der Waals surface area contributed by atoms with Crippen LogP contribution in [0.2, 0.25) is 0 Å². The maximum absolute atomic E-state index is 12.6. The zero-order valence-electron chi connectivity index (χ0n) is 14.8. The van der Waals surface area contributed by atoms with Crippen LogP contribution in [0.1, 0.15) is 68.3 Å². The summed E-state index contributed by atoms with van der Waals surface area (Å²) in [6.07, 6.45) is 6.20. The molecule has 0 spiro atoms. The van der Waals surface area contributed by atoms with Crippen LogP contribution >= 0.6 is 0 Å². The van der Waals surface area contributed by atoms with Crippen molar-refractivity contribution in [2.75, 3.05) is 0 Å². The molecule has 0 heterocycles. The molecule has 1 saturated carbocycles. The maximum atomic E-state index is 12.6. The summed E-state index contributed by atoms with van der Waals surface area (Å²) in [6, 6.07) is 4.79. The van der Waals surface area contributed by atoms with Crippen LogP contribution in [0.15, 0.2) is 23.1 Å². The van der Waals surface area contributed by atoms with Crippen LogP contribution in [0.5, 0.6) is 0 Å². The summed E-state index contributed by atoms with van der Waals surface area (Å²) >= 11 is 0. The molecule has 5 nitrogen and oxygen atoms in total. The Labute approximate surface area is 145 Å². The minimum Gasteiger partial charge on any atom is -0.349 e. The molecule has 1 aliphatic carbocycles. The number of hydrogen-bond acceptors (Lipinski definition) is 3. The van der Waals surface area contributed by atoms with Gasteiger partial charge in [-0.2, -0.15) is 0 Å². The first kappa shape index (κ1) is 18.9. The highest BCUT2D eigenvalue weighted by molar-refractivity contribution is 7.89. The van der Waals surface area contributed by atoms with Gasteiger partial charge in [-0.1, -0.05) is 32.3 Å². The quantitative estimate of drug-likeness (QED) is 0.826. The SMILES string of the molecule is CC[C@H](C)NS(=O)(=O)c1ccc(C)c(C(=O)NC2CCCCC2)c1. The van der Waals surface area contributed by atoms with Crippen molar-refractivity contribution in [2.45, 2.75) is 76.3 Å². The van der Waals surface area contributed by atoms with Crippen LogP contribution in [-0.4, -0.2) is 26.4 Å². The van der Waals surface area contributed by atoms with Gasteiger partial charge in [-0.25, -0.2) is 13.1 Å². The van der Waals surface area contributed by atoms with Crippen molar-refractivity contribution < 1.29 is 13.2 Å². The number of nitrogens with one attached hydrogen (secondary N) is 2. The highest BCUT2D eigenvalue weighted by Crippen LogP contribution is 2.20. The number of hydrogen-bond donors (Lipinski definition) is 2. The smallest absolute Gasteiger partial charge is 0.251 e. The van der Waals surface area contributed by atoms with E-state index in [2.05, 4.69) is 10.0 Å². The number of amides is 1. The lowest BCUT2D eigenvalue weighted by Crippen LogP contribution is -2.37. The molecule has 1 aromatic carbocycles. The Morgan fingerprint density at radius 3 is 2.54 bits per heavy atom. The van der Waals surface area contributed by atoms with Gasteiger partial charge in [0.25, 0.3) is 5.91 Å². The van der Waals surface area contributed by atoms with Crippen molar-refractivity contribution in [3.8, 4) is 0 Å². The van der Waals surface area contributed by atoms with E-state index in [4.69, 9.17) is 0 Å². The van der Waals surface area contributed by atoms with Crippen molar-refractivity contribution in [1.82, 2.24) is 10.0 Å². The number of sulfonamides is 1. The van der Waals surface area contributed by atoms with Gasteiger partial charge in [0.05, 0.1) is 4.90 Å². The van der Waals surface area contributed by atoms with E-state index in [1.807, 2.05) is 20.8 Å². The third-order valence-electron chi connectivity index (χ3n) is 4.67. The average molecular weight is 353 g/mol. The minimum absolute atomic E-state index is 0.141. The van der Waals surface area contributed by atoms with Gasteiger partial charge in [0, 0.05) is 17.6 Å². The third kappa shape index (κ3) is 4.80. The van der Waals surface area contributed by atoms with Crippen LogP contribution < -0.4 is 10.0 Å². The summed E-state index contributed by atoms with van der Waals surface area (Å²) in [5.74, 6) is -0.181. The highest BCUT2D eigenvalue weighted by Gasteiger charge is 2.21. The fraction of sp³-hybridized carbons (Fsp3) is 0.611. The van der Waals surface area contributed by atoms with E-state index < -0.39 is 10.0 Å². The number of carbonyl (C=O) groups is 1. The van der Waals surface area contributed by atoms with Gasteiger partial charge < -0.3 is 5.32 Å². The van der Waals surface area contributed by atoms with E-state index in [0.717, 1.165) is 31.2 Å². The van der Waals surface area contributed by atoms with E-state index in [0.29, 0.717) is 12.0 Å². The predicted octanol–water partition coefficient (Wildman–Crippen LogP) is 3.13. The van der Waals surface area contributed by atoms with E-state index in [1.54, 1.807) is 12.1 Å². The number of aryl methyl sites for hydroxylation is 1. The molecule has 0 saturated heterocycles. The van der Waals surface area contributed by atoms with Gasteiger partial charge in [-0.15, -0.1) is 0 Å². The lowest BCUT2D eigenvalue weighted by atomic mass is 9.95. The largest absolute Gasteiger partial charge is 0.349 e. The first-order valence-electron chi connectivity index (χ1n) is 8.77. The van der Waals surface area contributed by atoms with Gasteiger partial charge in [0.15, 0.2) is 0 Å². The molecule has 2 rings (SSSR count). The van der Waals surface area contributed by atoms with Gasteiger partial charge in [0.2, 0.25) is 10.0 Å². The molecule has 1 aliphatic rings. The summed E-state index contributed by atoms with van der Waals surface area (Å²) in [6.45, 7) is 5.57. The molecule has 2 N–H and O–H groups in total. The van der Waals surface area contributed by atoms with Gasteiger partial charge >= 0.3 is 0 Å². The topological polar surface area (TPSA) is 75.3 Å². The number of benzene rings is 1. The molecule has 0 unspecified atom stereocenters. The normalized spacial score (nSPS) is 17.5. The summed E-state index contributed by atoms with van der Waals surface area (Å²) < 4.78 is 27.5. The first-order chi connectivity index (χ1) is 11.3. The predicted molar refractivity (Wildman–Crippen MR) is 95.6 cm³/mol. The van der Waals surface area contributed by atoms with Crippen molar-refractivity contribution in [3.05, 3.63) is 29.3 Å². The summed E-state index contributed by atoms with van der Waals surface area (Å²) in [5, 5.41) is 3.05. The van der Waals surface area contributed by atoms with Crippen LogP contribution in [0, 0.1) is 6.92 Å². The van der Waals surface area contributed by atoms with Gasteiger partial charge in [0.1, 0.15) is 0 Å². The minimum atomic E-state index is -3.61. The monoisotopic (exact) mass is 352 g/mol. The Bertz CT molecular complexity index is 680. The average Bonchev–Trinajstić information content (AvgIpc) is 2.55. The van der Waals surface area contributed by atoms with E-state index in [9.17, 15) is 13.2 Å². The number of rotatable bonds is 6. The summed E-state index contributed by atoms with van der Waals surface area (Å²) in [7, 11) is -3.61. The molecule has 0 aromatic heterocycles. The molecule has 24 heavy (non-hydrogen) atoms. The Kier molecular flexibility index (Phi) is 6.40. The Morgan fingerprint density at radius 1 is 1.25 bits per heavy atom. The molecule has 0 bridgehead atoms. The molecule has 134 valence electrons. The molecule has 6 heteroatoms. The Balaban J connectivity index is 2.20. The second-order valence-corrected chi connectivity index (χ2v) is 8.43. The fourth-order valence-corrected chi connectivity index (χ4v) is 4.29. The first-order valence-corrected chi connectivity index (χ1v) is 10.3. The fourth-order valence-electron chi connectivity index (χ4n) is 2.94. The van der Waals surface area contributed by atoms with Crippen LogP contribution in [0.3, 0.4) is 0 Å². The van der Waals surface area contributed by atoms with Crippen LogP contribution in [0.4, 0.5) is 0 Å². The zero-order chi connectivity index (χ0) is 17.7. The molecule has 0 radical (unpaired) electrons. The second-order valence-electron chi connectivity index (χ2n) is 6.72. The highest BCUT2D eigenvalue weighted by atomic mass is 32.2. The molecule has 1 aromatic rings. The van der Waals surface area contributed by atoms with E-state index in [-0.39, 0.29) is 22.9 Å². The standard InChI is InChI=1S/C18H28N2O3S/c1-4-14(3)20-24(22,23)16-11-10-13(2)17(12-16)18(21)19-15-8-6-5-7-9-15/h10-12,14-15,20H,4-9H2,1-3H3,(H,19,21)/t14-/m0/s1. The van der Waals surface area contributed by atoms with Crippen molar-refractivity contribution in [3.63, 3.8) is 0 Å². The van der Waals surface area contributed by atoms with E-state index in [1.165, 1.54) is 12.5 Å². The molecule has 1 fully saturated rings. The lowest BCUT2D eigenvalue weighted by molar-refractivity contribution is 0.0927.